The maximum absolute atomic E-state index is 6.06. The smallest absolute Gasteiger partial charge is 0.186 e. The first-order valence-corrected chi connectivity index (χ1v) is 10.3. The van der Waals surface area contributed by atoms with Crippen molar-refractivity contribution >= 4 is 35.1 Å². The van der Waals surface area contributed by atoms with Crippen molar-refractivity contribution in [1.29, 1.82) is 0 Å². The first-order chi connectivity index (χ1) is 12.2. The Kier molecular flexibility index (Phi) is 13.3. The predicted octanol–water partition coefficient (Wildman–Crippen LogP) is 6.06. The number of halogens is 1. The van der Waals surface area contributed by atoms with Gasteiger partial charge in [0.1, 0.15) is 0 Å². The van der Waals surface area contributed by atoms with Gasteiger partial charge in [-0.3, -0.25) is 5.43 Å². The molecule has 1 aromatic carbocycles. The van der Waals surface area contributed by atoms with Crippen molar-refractivity contribution in [1.82, 2.24) is 10.7 Å². The number of hydrazone groups is 1. The van der Waals surface area contributed by atoms with Crippen LogP contribution in [0, 0.1) is 0 Å². The van der Waals surface area contributed by atoms with Crippen LogP contribution in [0.2, 0.25) is 5.02 Å². The van der Waals surface area contributed by atoms with Gasteiger partial charge in [-0.2, -0.15) is 5.10 Å². The van der Waals surface area contributed by atoms with Crippen LogP contribution in [0.5, 0.6) is 0 Å². The maximum Gasteiger partial charge on any atom is 0.186 e. The van der Waals surface area contributed by atoms with Crippen LogP contribution in [0.1, 0.15) is 76.7 Å². The van der Waals surface area contributed by atoms with Crippen LogP contribution < -0.4 is 10.7 Å². The molecule has 5 heteroatoms. The maximum atomic E-state index is 6.06. The van der Waals surface area contributed by atoms with Crippen molar-refractivity contribution in [3.8, 4) is 0 Å². The van der Waals surface area contributed by atoms with Crippen LogP contribution in [-0.2, 0) is 0 Å². The van der Waals surface area contributed by atoms with E-state index in [4.69, 9.17) is 23.8 Å². The van der Waals surface area contributed by atoms with E-state index in [1.807, 2.05) is 24.3 Å². The number of hydrogen-bond acceptors (Lipinski definition) is 2. The minimum atomic E-state index is 0.555. The Morgan fingerprint density at radius 1 is 1.00 bits per heavy atom. The second kappa shape index (κ2) is 15.2. The molecule has 0 aromatic heterocycles. The largest absolute Gasteiger partial charge is 0.361 e. The predicted molar refractivity (Wildman–Crippen MR) is 115 cm³/mol. The first-order valence-electron chi connectivity index (χ1n) is 9.55. The van der Waals surface area contributed by atoms with Gasteiger partial charge in [0.05, 0.1) is 6.21 Å². The second-order valence-corrected chi connectivity index (χ2v) is 7.14. The number of unbranched alkanes of at least 4 members (excludes halogenated alkanes) is 9. The van der Waals surface area contributed by atoms with Crippen molar-refractivity contribution in [3.63, 3.8) is 0 Å². The van der Waals surface area contributed by atoms with Crippen molar-refractivity contribution in [2.45, 2.75) is 71.1 Å². The van der Waals surface area contributed by atoms with E-state index in [2.05, 4.69) is 22.8 Å². The van der Waals surface area contributed by atoms with Crippen LogP contribution in [0.15, 0.2) is 29.4 Å². The zero-order valence-electron chi connectivity index (χ0n) is 15.4. The Bertz CT molecular complexity index is 505. The third-order valence-electron chi connectivity index (χ3n) is 4.09. The molecule has 0 heterocycles. The molecule has 0 aliphatic heterocycles. The third kappa shape index (κ3) is 12.0. The minimum absolute atomic E-state index is 0.555. The fourth-order valence-corrected chi connectivity index (χ4v) is 2.93. The lowest BCUT2D eigenvalue weighted by Crippen LogP contribution is -2.32. The average molecular weight is 382 g/mol. The summed E-state index contributed by atoms with van der Waals surface area (Å²) in [7, 11) is 0. The standard InChI is InChI=1S/C20H32ClN3S/c1-2-3-4-5-6-7-8-9-10-13-16-22-20(25)24-23-17-18-14-11-12-15-19(18)21/h11-12,14-15,17H,2-10,13,16H2,1H3,(H2,22,24,25)/b23-17-. The highest BCUT2D eigenvalue weighted by molar-refractivity contribution is 7.80. The van der Waals surface area contributed by atoms with E-state index >= 15 is 0 Å². The summed E-state index contributed by atoms with van der Waals surface area (Å²) in [5.74, 6) is 0. The molecule has 25 heavy (non-hydrogen) atoms. The second-order valence-electron chi connectivity index (χ2n) is 6.33. The molecule has 0 saturated carbocycles. The molecule has 1 rings (SSSR count). The number of rotatable bonds is 13. The number of benzene rings is 1. The Labute approximate surface area is 163 Å². The lowest BCUT2D eigenvalue weighted by Gasteiger charge is -2.07. The molecule has 2 N–H and O–H groups in total. The number of nitrogens with zero attached hydrogens (tertiary/aromatic N) is 1. The molecule has 0 aliphatic carbocycles. The van der Waals surface area contributed by atoms with Crippen LogP contribution in [0.25, 0.3) is 0 Å². The van der Waals surface area contributed by atoms with E-state index < -0.39 is 0 Å². The van der Waals surface area contributed by atoms with E-state index in [-0.39, 0.29) is 0 Å². The average Bonchev–Trinajstić information content (AvgIpc) is 2.61. The molecule has 0 spiro atoms. The van der Waals surface area contributed by atoms with Gasteiger partial charge in [0.2, 0.25) is 0 Å². The number of nitrogens with one attached hydrogen (secondary N) is 2. The summed E-state index contributed by atoms with van der Waals surface area (Å²) in [5.41, 5.74) is 3.69. The van der Waals surface area contributed by atoms with E-state index in [0.717, 1.165) is 18.5 Å². The lowest BCUT2D eigenvalue weighted by molar-refractivity contribution is 0.554. The Morgan fingerprint density at radius 3 is 2.24 bits per heavy atom. The summed E-state index contributed by atoms with van der Waals surface area (Å²) in [4.78, 5) is 0. The molecular formula is C20H32ClN3S. The van der Waals surface area contributed by atoms with Gasteiger partial charge in [-0.1, -0.05) is 94.5 Å². The van der Waals surface area contributed by atoms with Gasteiger partial charge in [0, 0.05) is 17.1 Å². The highest BCUT2D eigenvalue weighted by Gasteiger charge is 1.96. The van der Waals surface area contributed by atoms with Gasteiger partial charge >= 0.3 is 0 Å². The minimum Gasteiger partial charge on any atom is -0.361 e. The molecule has 0 saturated heterocycles. The molecule has 1 aromatic rings. The van der Waals surface area contributed by atoms with Gasteiger partial charge in [-0.05, 0) is 24.7 Å². The van der Waals surface area contributed by atoms with Gasteiger partial charge in [0.15, 0.2) is 5.11 Å². The quantitative estimate of drug-likeness (QED) is 0.189. The fourth-order valence-electron chi connectivity index (χ4n) is 2.59. The van der Waals surface area contributed by atoms with Crippen LogP contribution in [-0.4, -0.2) is 17.9 Å². The van der Waals surface area contributed by atoms with E-state index in [1.165, 1.54) is 57.8 Å². The molecule has 0 bridgehead atoms. The van der Waals surface area contributed by atoms with Crippen LogP contribution >= 0.6 is 23.8 Å². The molecular weight excluding hydrogens is 350 g/mol. The van der Waals surface area contributed by atoms with Crippen LogP contribution in [0.3, 0.4) is 0 Å². The highest BCUT2D eigenvalue weighted by Crippen LogP contribution is 2.12. The van der Waals surface area contributed by atoms with Crippen LogP contribution in [0.4, 0.5) is 0 Å². The molecule has 0 unspecified atom stereocenters. The topological polar surface area (TPSA) is 36.4 Å². The number of thiocarbonyl (C=S) groups is 1. The lowest BCUT2D eigenvalue weighted by atomic mass is 10.1. The van der Waals surface area contributed by atoms with Crippen molar-refractivity contribution in [3.05, 3.63) is 34.9 Å². The van der Waals surface area contributed by atoms with E-state index in [1.54, 1.807) is 6.21 Å². The molecule has 0 radical (unpaired) electrons. The molecule has 0 atom stereocenters. The fraction of sp³-hybridized carbons (Fsp3) is 0.600. The summed E-state index contributed by atoms with van der Waals surface area (Å²) < 4.78 is 0. The SMILES string of the molecule is CCCCCCCCCCCCNC(=S)N/N=C\c1ccccc1Cl. The third-order valence-corrected chi connectivity index (χ3v) is 4.67. The molecule has 140 valence electrons. The van der Waals surface area contributed by atoms with E-state index in [0.29, 0.717) is 10.1 Å². The molecule has 0 aliphatic rings. The van der Waals surface area contributed by atoms with Gasteiger partial charge in [-0.25, -0.2) is 0 Å². The summed E-state index contributed by atoms with van der Waals surface area (Å²) >= 11 is 11.3. The zero-order chi connectivity index (χ0) is 18.2. The Morgan fingerprint density at radius 2 is 1.60 bits per heavy atom. The van der Waals surface area contributed by atoms with Crippen molar-refractivity contribution in [2.24, 2.45) is 5.10 Å². The molecule has 0 fully saturated rings. The number of hydrogen-bond donors (Lipinski definition) is 2. The summed E-state index contributed by atoms with van der Waals surface area (Å²) in [6.07, 6.45) is 15.1. The Balaban J connectivity index is 1.94. The summed E-state index contributed by atoms with van der Waals surface area (Å²) in [5, 5.41) is 8.52. The van der Waals surface area contributed by atoms with Crippen molar-refractivity contribution < 1.29 is 0 Å². The highest BCUT2D eigenvalue weighted by atomic mass is 35.5. The van der Waals surface area contributed by atoms with Crippen molar-refractivity contribution in [2.75, 3.05) is 6.54 Å². The Hall–Kier alpha value is -1.13. The summed E-state index contributed by atoms with van der Waals surface area (Å²) in [6, 6.07) is 7.57. The molecule has 0 amide bonds. The van der Waals surface area contributed by atoms with E-state index in [9.17, 15) is 0 Å². The van der Waals surface area contributed by atoms with Gasteiger partial charge in [0.25, 0.3) is 0 Å². The first kappa shape index (κ1) is 21.9. The monoisotopic (exact) mass is 381 g/mol. The van der Waals surface area contributed by atoms with Gasteiger partial charge < -0.3 is 5.32 Å². The van der Waals surface area contributed by atoms with Gasteiger partial charge in [-0.15, -0.1) is 0 Å². The normalized spacial score (nSPS) is 11.0. The summed E-state index contributed by atoms with van der Waals surface area (Å²) in [6.45, 7) is 3.16. The molecule has 3 nitrogen and oxygen atoms in total. The zero-order valence-corrected chi connectivity index (χ0v) is 17.0.